The molecule has 1 aromatic rings. The van der Waals surface area contributed by atoms with Gasteiger partial charge in [-0.25, -0.2) is 0 Å². The van der Waals surface area contributed by atoms with Gasteiger partial charge in [-0.1, -0.05) is 6.92 Å². The van der Waals surface area contributed by atoms with Crippen molar-refractivity contribution in [2.75, 3.05) is 16.9 Å². The number of thioether (sulfide) groups is 1. The van der Waals surface area contributed by atoms with Crippen LogP contribution >= 0.6 is 11.8 Å². The fourth-order valence-electron chi connectivity index (χ4n) is 1.60. The molecule has 0 bridgehead atoms. The SMILES string of the molecule is CCSCC(C)NC(=O)c1ccc([N+](=O)[O-])c(NN)c1. The molecule has 7 nitrogen and oxygen atoms in total. The zero-order valence-electron chi connectivity index (χ0n) is 11.4. The van der Waals surface area contributed by atoms with Crippen molar-refractivity contribution < 1.29 is 9.72 Å². The van der Waals surface area contributed by atoms with E-state index in [-0.39, 0.29) is 23.3 Å². The van der Waals surface area contributed by atoms with Gasteiger partial charge in [-0.15, -0.1) is 0 Å². The number of nitrogens with one attached hydrogen (secondary N) is 2. The zero-order chi connectivity index (χ0) is 15.1. The van der Waals surface area contributed by atoms with E-state index in [4.69, 9.17) is 5.84 Å². The molecule has 0 aromatic heterocycles. The number of benzene rings is 1. The summed E-state index contributed by atoms with van der Waals surface area (Å²) in [5.74, 6) is 6.76. The fourth-order valence-corrected chi connectivity index (χ4v) is 2.27. The zero-order valence-corrected chi connectivity index (χ0v) is 12.2. The van der Waals surface area contributed by atoms with Crippen LogP contribution in [0, 0.1) is 10.1 Å². The number of nitro benzene ring substituents is 1. The lowest BCUT2D eigenvalue weighted by atomic mass is 10.1. The maximum Gasteiger partial charge on any atom is 0.293 e. The minimum absolute atomic E-state index is 0.0249. The van der Waals surface area contributed by atoms with Gasteiger partial charge in [0.2, 0.25) is 0 Å². The Balaban J connectivity index is 2.81. The molecule has 0 spiro atoms. The summed E-state index contributed by atoms with van der Waals surface area (Å²) >= 11 is 1.73. The summed E-state index contributed by atoms with van der Waals surface area (Å²) in [7, 11) is 0. The number of nitrogen functional groups attached to an aromatic ring is 1. The van der Waals surface area contributed by atoms with Gasteiger partial charge in [0.25, 0.3) is 11.6 Å². The van der Waals surface area contributed by atoms with E-state index in [9.17, 15) is 14.9 Å². The van der Waals surface area contributed by atoms with Crippen molar-refractivity contribution >= 4 is 29.0 Å². The van der Waals surface area contributed by atoms with Crippen LogP contribution < -0.4 is 16.6 Å². The quantitative estimate of drug-likeness (QED) is 0.402. The van der Waals surface area contributed by atoms with Crippen LogP contribution in [-0.4, -0.2) is 28.4 Å². The number of rotatable bonds is 7. The first-order valence-corrected chi connectivity index (χ1v) is 7.28. The minimum Gasteiger partial charge on any atom is -0.349 e. The molecule has 0 aliphatic heterocycles. The second-order valence-electron chi connectivity index (χ2n) is 4.17. The van der Waals surface area contributed by atoms with Crippen LogP contribution in [-0.2, 0) is 0 Å². The van der Waals surface area contributed by atoms with Crippen LogP contribution in [0.3, 0.4) is 0 Å². The highest BCUT2D eigenvalue weighted by atomic mass is 32.2. The van der Waals surface area contributed by atoms with E-state index in [2.05, 4.69) is 17.7 Å². The largest absolute Gasteiger partial charge is 0.349 e. The Morgan fingerprint density at radius 3 is 2.80 bits per heavy atom. The maximum atomic E-state index is 12.0. The summed E-state index contributed by atoms with van der Waals surface area (Å²) in [5, 5.41) is 13.6. The van der Waals surface area contributed by atoms with Crippen LogP contribution in [0.25, 0.3) is 0 Å². The summed E-state index contributed by atoms with van der Waals surface area (Å²) in [6, 6.07) is 4.06. The molecule has 0 aliphatic rings. The van der Waals surface area contributed by atoms with Crippen LogP contribution in [0.5, 0.6) is 0 Å². The number of anilines is 1. The first-order chi connectivity index (χ1) is 9.49. The summed E-state index contributed by atoms with van der Waals surface area (Å²) in [6.45, 7) is 3.96. The molecular formula is C12H18N4O3S. The Labute approximate surface area is 121 Å². The number of hydrogen-bond donors (Lipinski definition) is 3. The highest BCUT2D eigenvalue weighted by Gasteiger charge is 2.17. The molecule has 110 valence electrons. The van der Waals surface area contributed by atoms with E-state index in [1.165, 1.54) is 18.2 Å². The number of hydrogen-bond acceptors (Lipinski definition) is 6. The summed E-state index contributed by atoms with van der Waals surface area (Å²) < 4.78 is 0. The normalized spacial score (nSPS) is 11.8. The molecule has 1 aromatic carbocycles. The minimum atomic E-state index is -0.558. The average Bonchev–Trinajstić information content (AvgIpc) is 2.44. The van der Waals surface area contributed by atoms with E-state index in [1.807, 2.05) is 6.92 Å². The molecule has 1 rings (SSSR count). The molecule has 20 heavy (non-hydrogen) atoms. The van der Waals surface area contributed by atoms with Gasteiger partial charge in [0.15, 0.2) is 0 Å². The Morgan fingerprint density at radius 1 is 1.55 bits per heavy atom. The third-order valence-electron chi connectivity index (χ3n) is 2.56. The molecule has 1 unspecified atom stereocenters. The van der Waals surface area contributed by atoms with Crippen LogP contribution in [0.2, 0.25) is 0 Å². The van der Waals surface area contributed by atoms with Crippen molar-refractivity contribution in [3.8, 4) is 0 Å². The van der Waals surface area contributed by atoms with Crippen LogP contribution in [0.1, 0.15) is 24.2 Å². The summed E-state index contributed by atoms with van der Waals surface area (Å²) in [6.07, 6.45) is 0. The van der Waals surface area contributed by atoms with Crippen molar-refractivity contribution in [3.05, 3.63) is 33.9 Å². The molecular weight excluding hydrogens is 280 g/mol. The van der Waals surface area contributed by atoms with Gasteiger partial charge in [0.1, 0.15) is 5.69 Å². The van der Waals surface area contributed by atoms with Gasteiger partial charge in [-0.05, 0) is 24.8 Å². The van der Waals surface area contributed by atoms with E-state index >= 15 is 0 Å². The Bertz CT molecular complexity index is 496. The number of carbonyl (C=O) groups excluding carboxylic acids is 1. The lowest BCUT2D eigenvalue weighted by Gasteiger charge is -2.13. The fraction of sp³-hybridized carbons (Fsp3) is 0.417. The average molecular weight is 298 g/mol. The summed E-state index contributed by atoms with van der Waals surface area (Å²) in [4.78, 5) is 22.2. The van der Waals surface area contributed by atoms with Crippen LogP contribution in [0.4, 0.5) is 11.4 Å². The van der Waals surface area contributed by atoms with Gasteiger partial charge in [-0.2, -0.15) is 11.8 Å². The lowest BCUT2D eigenvalue weighted by Crippen LogP contribution is -2.34. The van der Waals surface area contributed by atoms with Gasteiger partial charge < -0.3 is 10.7 Å². The Morgan fingerprint density at radius 2 is 2.25 bits per heavy atom. The Hall–Kier alpha value is -1.80. The maximum absolute atomic E-state index is 12.0. The van der Waals surface area contributed by atoms with Gasteiger partial charge in [0.05, 0.1) is 4.92 Å². The van der Waals surface area contributed by atoms with Gasteiger partial charge in [-0.3, -0.25) is 20.8 Å². The van der Waals surface area contributed by atoms with E-state index in [0.29, 0.717) is 5.56 Å². The highest BCUT2D eigenvalue weighted by Crippen LogP contribution is 2.24. The third-order valence-corrected chi connectivity index (χ3v) is 3.70. The van der Waals surface area contributed by atoms with Gasteiger partial charge >= 0.3 is 0 Å². The topological polar surface area (TPSA) is 110 Å². The Kier molecular flexibility index (Phi) is 6.26. The number of amides is 1. The number of nitrogens with zero attached hydrogens (tertiary/aromatic N) is 1. The van der Waals surface area contributed by atoms with E-state index < -0.39 is 4.92 Å². The molecule has 0 saturated heterocycles. The number of hydrazine groups is 1. The first kappa shape index (κ1) is 16.3. The molecule has 8 heteroatoms. The van der Waals surface area contributed by atoms with Crippen molar-refractivity contribution in [1.82, 2.24) is 5.32 Å². The molecule has 0 heterocycles. The molecule has 4 N–H and O–H groups in total. The molecule has 0 aliphatic carbocycles. The van der Waals surface area contributed by atoms with Crippen molar-refractivity contribution in [3.63, 3.8) is 0 Å². The van der Waals surface area contributed by atoms with Crippen molar-refractivity contribution in [2.45, 2.75) is 19.9 Å². The number of nitro groups is 1. The molecule has 0 radical (unpaired) electrons. The second-order valence-corrected chi connectivity index (χ2v) is 5.49. The smallest absolute Gasteiger partial charge is 0.293 e. The van der Waals surface area contributed by atoms with Crippen molar-refractivity contribution in [1.29, 1.82) is 0 Å². The van der Waals surface area contributed by atoms with E-state index in [1.54, 1.807) is 11.8 Å². The van der Waals surface area contributed by atoms with Crippen LogP contribution in [0.15, 0.2) is 18.2 Å². The monoisotopic (exact) mass is 298 g/mol. The molecule has 1 amide bonds. The summed E-state index contributed by atoms with van der Waals surface area (Å²) in [5.41, 5.74) is 2.51. The number of carbonyl (C=O) groups is 1. The van der Waals surface area contributed by atoms with E-state index in [0.717, 1.165) is 11.5 Å². The first-order valence-electron chi connectivity index (χ1n) is 6.13. The predicted molar refractivity (Wildman–Crippen MR) is 80.8 cm³/mol. The third kappa shape index (κ3) is 4.39. The molecule has 0 saturated carbocycles. The predicted octanol–water partition coefficient (Wildman–Crippen LogP) is 1.75. The highest BCUT2D eigenvalue weighted by molar-refractivity contribution is 7.99. The molecule has 0 fully saturated rings. The van der Waals surface area contributed by atoms with Crippen molar-refractivity contribution in [2.24, 2.45) is 5.84 Å². The molecule has 1 atom stereocenters. The van der Waals surface area contributed by atoms with Gasteiger partial charge in [0, 0.05) is 23.4 Å². The number of nitrogens with two attached hydrogens (primary N) is 1. The second kappa shape index (κ2) is 7.71. The standard InChI is InChI=1S/C12H18N4O3S/c1-3-20-7-8(2)14-12(17)9-4-5-11(16(18)19)10(6-9)15-13/h4-6,8,15H,3,7,13H2,1-2H3,(H,14,17). The lowest BCUT2D eigenvalue weighted by molar-refractivity contribution is -0.384.